The topological polar surface area (TPSA) is 29.5 Å². The molecule has 23 heavy (non-hydrogen) atoms. The van der Waals surface area contributed by atoms with Gasteiger partial charge in [0.2, 0.25) is 0 Å². The summed E-state index contributed by atoms with van der Waals surface area (Å²) in [6.07, 6.45) is -5.83. The van der Waals surface area contributed by atoms with E-state index in [1.54, 1.807) is 25.1 Å². The van der Waals surface area contributed by atoms with Crippen LogP contribution in [0.15, 0.2) is 18.2 Å². The monoisotopic (exact) mass is 339 g/mol. The lowest BCUT2D eigenvalue weighted by Crippen LogP contribution is -2.53. The first-order valence-electron chi connectivity index (χ1n) is 6.77. The van der Waals surface area contributed by atoms with E-state index in [0.717, 1.165) is 12.6 Å². The van der Waals surface area contributed by atoms with Crippen LogP contribution in [0.1, 0.15) is 18.1 Å². The van der Waals surface area contributed by atoms with Crippen LogP contribution in [0.5, 0.6) is 5.75 Å². The number of methoxy groups -OCH3 is 1. The number of nitrogens with zero attached hydrogens (tertiary/aromatic N) is 1. The maximum Gasteiger partial charge on any atom is 0.463 e. The molecule has 1 atom stereocenters. The number of benzene rings is 1. The van der Waals surface area contributed by atoms with Crippen molar-refractivity contribution < 1.29 is 31.5 Å². The summed E-state index contributed by atoms with van der Waals surface area (Å²) in [6.45, 7) is 3.16. The van der Waals surface area contributed by atoms with Crippen LogP contribution in [-0.2, 0) is 11.2 Å². The number of alkyl halides is 5. The number of carbonyl (C=O) groups is 1. The summed E-state index contributed by atoms with van der Waals surface area (Å²) in [5.74, 6) is -7.20. The molecule has 0 aliphatic rings. The van der Waals surface area contributed by atoms with Crippen LogP contribution in [0.25, 0.3) is 0 Å². The highest BCUT2D eigenvalue weighted by molar-refractivity contribution is 5.84. The molecule has 0 aliphatic heterocycles. The Hall–Kier alpha value is -1.86. The Labute approximate surface area is 131 Å². The molecule has 0 fully saturated rings. The number of aryl methyl sites for hydroxylation is 1. The molecular formula is C15H18F5NO2. The maximum atomic E-state index is 13.2. The summed E-state index contributed by atoms with van der Waals surface area (Å²) in [4.78, 5) is 11.9. The molecule has 3 nitrogen and oxygen atoms in total. The minimum atomic E-state index is -5.92. The zero-order chi connectivity index (χ0) is 18.0. The van der Waals surface area contributed by atoms with Gasteiger partial charge in [0.25, 0.3) is 0 Å². The van der Waals surface area contributed by atoms with E-state index in [-0.39, 0.29) is 6.42 Å². The first-order chi connectivity index (χ1) is 10.4. The van der Waals surface area contributed by atoms with Gasteiger partial charge in [-0.25, -0.2) is 0 Å². The Morgan fingerprint density at radius 2 is 1.83 bits per heavy atom. The minimum absolute atomic E-state index is 0.0893. The molecule has 1 rings (SSSR count). The smallest absolute Gasteiger partial charge is 0.463 e. The molecule has 0 spiro atoms. The second kappa shape index (κ2) is 6.72. The Balaban J connectivity index is 2.99. The van der Waals surface area contributed by atoms with Crippen LogP contribution in [0.4, 0.5) is 22.0 Å². The van der Waals surface area contributed by atoms with Crippen molar-refractivity contribution in [2.75, 3.05) is 14.2 Å². The Kier molecular flexibility index (Phi) is 5.60. The van der Waals surface area contributed by atoms with E-state index >= 15 is 0 Å². The second-order valence-electron chi connectivity index (χ2n) is 5.30. The molecule has 130 valence electrons. The Morgan fingerprint density at radius 3 is 2.30 bits per heavy atom. The number of likely N-dealkylation sites (N-methyl/N-ethyl adjacent to an activating group) is 1. The third-order valence-corrected chi connectivity index (χ3v) is 3.69. The first kappa shape index (κ1) is 19.2. The maximum absolute atomic E-state index is 13.2. The second-order valence-corrected chi connectivity index (χ2v) is 5.30. The molecule has 8 heteroatoms. The van der Waals surface area contributed by atoms with Gasteiger partial charge in [-0.2, -0.15) is 22.0 Å². The molecule has 0 aliphatic carbocycles. The molecule has 1 unspecified atom stereocenters. The highest BCUT2D eigenvalue weighted by Crippen LogP contribution is 2.37. The van der Waals surface area contributed by atoms with E-state index in [4.69, 9.17) is 4.74 Å². The summed E-state index contributed by atoms with van der Waals surface area (Å²) in [6, 6.07) is 4.28. The zero-order valence-electron chi connectivity index (χ0n) is 13.2. The predicted molar refractivity (Wildman–Crippen MR) is 74.7 cm³/mol. The van der Waals surface area contributed by atoms with Gasteiger partial charge in [-0.05, 0) is 37.5 Å². The van der Waals surface area contributed by atoms with Crippen LogP contribution in [0.2, 0.25) is 0 Å². The van der Waals surface area contributed by atoms with Crippen molar-refractivity contribution >= 4 is 5.91 Å². The van der Waals surface area contributed by atoms with Gasteiger partial charge in [0.15, 0.2) is 0 Å². The number of ether oxygens (including phenoxy) is 1. The molecule has 0 N–H and O–H groups in total. The fraction of sp³-hybridized carbons (Fsp3) is 0.533. The lowest BCUT2D eigenvalue weighted by molar-refractivity contribution is -0.274. The van der Waals surface area contributed by atoms with Crippen molar-refractivity contribution in [2.45, 2.75) is 38.4 Å². The summed E-state index contributed by atoms with van der Waals surface area (Å²) in [7, 11) is 2.35. The Morgan fingerprint density at radius 1 is 1.26 bits per heavy atom. The van der Waals surface area contributed by atoms with Gasteiger partial charge in [-0.1, -0.05) is 12.1 Å². The van der Waals surface area contributed by atoms with Crippen molar-refractivity contribution in [3.05, 3.63) is 29.3 Å². The minimum Gasteiger partial charge on any atom is -0.496 e. The van der Waals surface area contributed by atoms with Gasteiger partial charge in [0.05, 0.1) is 7.11 Å². The van der Waals surface area contributed by atoms with Gasteiger partial charge in [-0.3, -0.25) is 4.79 Å². The van der Waals surface area contributed by atoms with Gasteiger partial charge in [-0.15, -0.1) is 0 Å². The van der Waals surface area contributed by atoms with Crippen molar-refractivity contribution in [1.82, 2.24) is 4.90 Å². The zero-order valence-corrected chi connectivity index (χ0v) is 13.2. The van der Waals surface area contributed by atoms with E-state index in [1.807, 2.05) is 0 Å². The van der Waals surface area contributed by atoms with Crippen molar-refractivity contribution in [1.29, 1.82) is 0 Å². The number of carbonyl (C=O) groups excluding carboxylic acids is 1. The summed E-state index contributed by atoms with van der Waals surface area (Å²) >= 11 is 0. The summed E-state index contributed by atoms with van der Waals surface area (Å²) < 4.78 is 68.4. The lowest BCUT2D eigenvalue weighted by atomic mass is 9.99. The third kappa shape index (κ3) is 3.92. The molecule has 1 aromatic carbocycles. The van der Waals surface area contributed by atoms with Crippen molar-refractivity contribution in [3.8, 4) is 5.75 Å². The van der Waals surface area contributed by atoms with Crippen molar-refractivity contribution in [3.63, 3.8) is 0 Å². The van der Waals surface area contributed by atoms with Crippen LogP contribution < -0.4 is 4.74 Å². The SMILES string of the molecule is COc1cccc(C)c1CC(C)N(C)C(=O)C(F)(F)C(F)(F)F. The largest absolute Gasteiger partial charge is 0.496 e. The number of halogens is 5. The molecule has 0 aromatic heterocycles. The average molecular weight is 339 g/mol. The van der Waals surface area contributed by atoms with Crippen LogP contribution in [0.3, 0.4) is 0 Å². The van der Waals surface area contributed by atoms with Crippen molar-refractivity contribution in [2.24, 2.45) is 0 Å². The molecule has 1 amide bonds. The van der Waals surface area contributed by atoms with E-state index in [1.165, 1.54) is 14.0 Å². The van der Waals surface area contributed by atoms with Gasteiger partial charge >= 0.3 is 18.0 Å². The number of amides is 1. The summed E-state index contributed by atoms with van der Waals surface area (Å²) in [5.41, 5.74) is 1.44. The molecule has 0 saturated carbocycles. The standard InChI is InChI=1S/C15H18F5NO2/c1-9-6-5-7-12(23-4)11(9)8-10(2)21(3)13(22)14(16,17)15(18,19)20/h5-7,10H,8H2,1-4H3. The lowest BCUT2D eigenvalue weighted by Gasteiger charge is -2.30. The molecule has 0 saturated heterocycles. The molecule has 0 bridgehead atoms. The Bertz CT molecular complexity index is 571. The van der Waals surface area contributed by atoms with Crippen LogP contribution in [0, 0.1) is 6.92 Å². The van der Waals surface area contributed by atoms with Gasteiger partial charge < -0.3 is 9.64 Å². The highest BCUT2D eigenvalue weighted by Gasteiger charge is 2.64. The fourth-order valence-corrected chi connectivity index (χ4v) is 2.10. The van der Waals surface area contributed by atoms with E-state index in [0.29, 0.717) is 16.2 Å². The quantitative estimate of drug-likeness (QED) is 0.768. The van der Waals surface area contributed by atoms with E-state index in [9.17, 15) is 26.7 Å². The van der Waals surface area contributed by atoms with E-state index < -0.39 is 24.0 Å². The third-order valence-electron chi connectivity index (χ3n) is 3.69. The average Bonchev–Trinajstić information content (AvgIpc) is 2.46. The normalized spacial score (nSPS) is 13.6. The van der Waals surface area contributed by atoms with Crippen LogP contribution in [-0.4, -0.2) is 43.1 Å². The molecular weight excluding hydrogens is 321 g/mol. The number of hydrogen-bond acceptors (Lipinski definition) is 2. The fourth-order valence-electron chi connectivity index (χ4n) is 2.10. The molecule has 0 radical (unpaired) electrons. The molecule has 1 aromatic rings. The first-order valence-corrected chi connectivity index (χ1v) is 6.77. The highest BCUT2D eigenvalue weighted by atomic mass is 19.4. The molecule has 0 heterocycles. The predicted octanol–water partition coefficient (Wildman–Crippen LogP) is 3.59. The number of hydrogen-bond donors (Lipinski definition) is 0. The summed E-state index contributed by atoms with van der Waals surface area (Å²) in [5, 5.41) is 0. The number of rotatable bonds is 5. The van der Waals surface area contributed by atoms with Crippen LogP contribution >= 0.6 is 0 Å². The van der Waals surface area contributed by atoms with E-state index in [2.05, 4.69) is 0 Å². The van der Waals surface area contributed by atoms with Gasteiger partial charge in [0.1, 0.15) is 5.75 Å². The van der Waals surface area contributed by atoms with Gasteiger partial charge in [0, 0.05) is 13.1 Å².